The van der Waals surface area contributed by atoms with E-state index >= 15 is 0 Å². The number of aromatic nitrogens is 1. The van der Waals surface area contributed by atoms with E-state index in [0.29, 0.717) is 17.8 Å². The first kappa shape index (κ1) is 23.6. The Morgan fingerprint density at radius 2 is 1.88 bits per heavy atom. The lowest BCUT2D eigenvalue weighted by atomic mass is 9.47. The van der Waals surface area contributed by atoms with Crippen LogP contribution in [0.5, 0.6) is 0 Å². The lowest BCUT2D eigenvalue weighted by Gasteiger charge is -2.58. The monoisotopic (exact) mass is 465 g/mol. The van der Waals surface area contributed by atoms with Crippen LogP contribution < -0.4 is 0 Å². The van der Waals surface area contributed by atoms with Crippen molar-refractivity contribution in [2.75, 3.05) is 0 Å². The van der Waals surface area contributed by atoms with Crippen molar-refractivity contribution >= 4 is 11.9 Å². The second kappa shape index (κ2) is 8.80. The Morgan fingerprint density at radius 1 is 1.06 bits per heavy atom. The predicted octanol–water partition coefficient (Wildman–Crippen LogP) is 6.20. The Hall–Kier alpha value is -2.17. The molecule has 0 saturated heterocycles. The quantitative estimate of drug-likeness (QED) is 0.391. The molecule has 0 bridgehead atoms. The largest absolute Gasteiger partial charge is 0.458 e. The Balaban J connectivity index is 1.31. The molecule has 1 aromatic heterocycles. The zero-order valence-corrected chi connectivity index (χ0v) is 21.1. The number of ether oxygens (including phenoxy) is 2. The van der Waals surface area contributed by atoms with E-state index in [0.717, 1.165) is 44.2 Å². The van der Waals surface area contributed by atoms with Crippen LogP contribution in [-0.2, 0) is 19.1 Å². The van der Waals surface area contributed by atoms with Crippen molar-refractivity contribution in [3.63, 3.8) is 0 Å². The maximum atomic E-state index is 13.4. The standard InChI is InChI=1S/C29H39NO4/c1-18(26-7-5-6-16-30-26)33-27(32)25-11-10-23-22-9-8-20-17-21(34-19(2)31)12-14-28(20,3)24(22)13-15-29(23,25)4/h5-7,16-18,21-25H,8-15H2,1-4H3/t18-,21+,22+,23+,24+,25-,28+,29+/m1/s1. The number of carbonyl (C=O) groups is 2. The first-order valence-electron chi connectivity index (χ1n) is 13.2. The van der Waals surface area contributed by atoms with Gasteiger partial charge < -0.3 is 9.47 Å². The summed E-state index contributed by atoms with van der Waals surface area (Å²) < 4.78 is 11.5. The molecule has 0 spiro atoms. The highest BCUT2D eigenvalue weighted by Crippen LogP contribution is 2.67. The summed E-state index contributed by atoms with van der Waals surface area (Å²) in [5.74, 6) is 1.66. The smallest absolute Gasteiger partial charge is 0.310 e. The van der Waals surface area contributed by atoms with Gasteiger partial charge in [0.2, 0.25) is 0 Å². The highest BCUT2D eigenvalue weighted by atomic mass is 16.5. The fourth-order valence-corrected chi connectivity index (χ4v) is 8.32. The number of nitrogens with zero attached hydrogens (tertiary/aromatic N) is 1. The van der Waals surface area contributed by atoms with E-state index in [1.165, 1.54) is 25.3 Å². The number of hydrogen-bond acceptors (Lipinski definition) is 5. The van der Waals surface area contributed by atoms with E-state index in [9.17, 15) is 9.59 Å². The number of fused-ring (bicyclic) bond motifs is 5. The van der Waals surface area contributed by atoms with Crippen molar-refractivity contribution in [2.24, 2.45) is 34.5 Å². The summed E-state index contributed by atoms with van der Waals surface area (Å²) in [5.41, 5.74) is 2.54. The number of carbonyl (C=O) groups excluding carboxylic acids is 2. The molecule has 0 radical (unpaired) electrons. The molecule has 4 aliphatic carbocycles. The molecule has 3 saturated carbocycles. The second-order valence-electron chi connectivity index (χ2n) is 11.7. The molecule has 3 fully saturated rings. The summed E-state index contributed by atoms with van der Waals surface area (Å²) in [5, 5.41) is 0. The van der Waals surface area contributed by atoms with Gasteiger partial charge in [-0.2, -0.15) is 0 Å². The summed E-state index contributed by atoms with van der Waals surface area (Å²) in [6.07, 6.45) is 12.3. The SMILES string of the molecule is CC(=O)O[C@@H]1C=C2CC[C@H]3[C@@H]4CC[C@H](C(=O)O[C@H](C)c5ccccn5)[C@@]4(C)CC[C@@H]3[C@@]2(C)CC1. The number of rotatable bonds is 4. The van der Waals surface area contributed by atoms with Crippen molar-refractivity contribution in [2.45, 2.75) is 91.3 Å². The first-order chi connectivity index (χ1) is 16.2. The minimum Gasteiger partial charge on any atom is -0.458 e. The van der Waals surface area contributed by atoms with Crippen molar-refractivity contribution in [1.29, 1.82) is 0 Å². The first-order valence-corrected chi connectivity index (χ1v) is 13.2. The van der Waals surface area contributed by atoms with Crippen LogP contribution in [0.25, 0.3) is 0 Å². The van der Waals surface area contributed by atoms with Crippen molar-refractivity contribution < 1.29 is 19.1 Å². The third kappa shape index (κ3) is 3.89. The summed E-state index contributed by atoms with van der Waals surface area (Å²) in [6, 6.07) is 5.74. The minimum absolute atomic E-state index is 0.0194. The molecule has 34 heavy (non-hydrogen) atoms. The lowest BCUT2D eigenvalue weighted by molar-refractivity contribution is -0.161. The number of esters is 2. The summed E-state index contributed by atoms with van der Waals surface area (Å²) in [7, 11) is 0. The van der Waals surface area contributed by atoms with E-state index in [2.05, 4.69) is 24.9 Å². The van der Waals surface area contributed by atoms with E-state index in [-0.39, 0.29) is 40.9 Å². The molecule has 0 aromatic carbocycles. The maximum absolute atomic E-state index is 13.4. The van der Waals surface area contributed by atoms with Gasteiger partial charge in [0, 0.05) is 13.1 Å². The van der Waals surface area contributed by atoms with Gasteiger partial charge in [-0.15, -0.1) is 0 Å². The highest BCUT2D eigenvalue weighted by molar-refractivity contribution is 5.74. The average molecular weight is 466 g/mol. The number of pyridine rings is 1. The van der Waals surface area contributed by atoms with Crippen LogP contribution in [0.15, 0.2) is 36.0 Å². The van der Waals surface area contributed by atoms with Crippen LogP contribution >= 0.6 is 0 Å². The van der Waals surface area contributed by atoms with E-state index in [4.69, 9.17) is 9.47 Å². The van der Waals surface area contributed by atoms with Gasteiger partial charge in [0.15, 0.2) is 0 Å². The molecule has 8 atom stereocenters. The molecule has 0 unspecified atom stereocenters. The van der Waals surface area contributed by atoms with Gasteiger partial charge in [0.1, 0.15) is 12.2 Å². The Labute approximate surface area is 203 Å². The maximum Gasteiger partial charge on any atom is 0.310 e. The van der Waals surface area contributed by atoms with Crippen LogP contribution in [0, 0.1) is 34.5 Å². The van der Waals surface area contributed by atoms with Gasteiger partial charge in [-0.3, -0.25) is 14.6 Å². The van der Waals surface area contributed by atoms with Gasteiger partial charge in [0.05, 0.1) is 11.6 Å². The molecule has 1 heterocycles. The van der Waals surface area contributed by atoms with Crippen LogP contribution in [-0.4, -0.2) is 23.0 Å². The summed E-state index contributed by atoms with van der Waals surface area (Å²) >= 11 is 0. The van der Waals surface area contributed by atoms with Crippen molar-refractivity contribution in [3.8, 4) is 0 Å². The van der Waals surface area contributed by atoms with Crippen LogP contribution in [0.1, 0.15) is 90.9 Å². The fourth-order valence-electron chi connectivity index (χ4n) is 8.32. The van der Waals surface area contributed by atoms with E-state index in [1.807, 2.05) is 25.1 Å². The predicted molar refractivity (Wildman–Crippen MR) is 129 cm³/mol. The van der Waals surface area contributed by atoms with Gasteiger partial charge in [-0.25, -0.2) is 0 Å². The van der Waals surface area contributed by atoms with Crippen molar-refractivity contribution in [1.82, 2.24) is 4.98 Å². The Kier molecular flexibility index (Phi) is 6.10. The summed E-state index contributed by atoms with van der Waals surface area (Å²) in [6.45, 7) is 8.25. The minimum atomic E-state index is -0.318. The molecule has 1 aromatic rings. The van der Waals surface area contributed by atoms with Gasteiger partial charge in [0.25, 0.3) is 0 Å². The zero-order chi connectivity index (χ0) is 24.1. The molecule has 0 amide bonds. The number of allylic oxidation sites excluding steroid dienone is 1. The third-order valence-electron chi connectivity index (χ3n) is 10.1. The molecule has 184 valence electrons. The van der Waals surface area contributed by atoms with Gasteiger partial charge in [-0.05, 0) is 105 Å². The van der Waals surface area contributed by atoms with E-state index < -0.39 is 0 Å². The molecule has 5 rings (SSSR count). The third-order valence-corrected chi connectivity index (χ3v) is 10.1. The lowest BCUT2D eigenvalue weighted by Crippen LogP contribution is -2.51. The molecular formula is C29H39NO4. The Bertz CT molecular complexity index is 974. The molecule has 0 aliphatic heterocycles. The molecule has 5 nitrogen and oxygen atoms in total. The molecular weight excluding hydrogens is 426 g/mol. The van der Waals surface area contributed by atoms with Crippen LogP contribution in [0.2, 0.25) is 0 Å². The van der Waals surface area contributed by atoms with Crippen molar-refractivity contribution in [3.05, 3.63) is 41.7 Å². The van der Waals surface area contributed by atoms with Crippen LogP contribution in [0.4, 0.5) is 0 Å². The highest BCUT2D eigenvalue weighted by Gasteiger charge is 2.60. The molecule has 0 N–H and O–H groups in total. The number of hydrogen-bond donors (Lipinski definition) is 0. The van der Waals surface area contributed by atoms with E-state index in [1.54, 1.807) is 6.20 Å². The topological polar surface area (TPSA) is 65.5 Å². The Morgan fingerprint density at radius 3 is 2.62 bits per heavy atom. The van der Waals surface area contributed by atoms with Crippen LogP contribution in [0.3, 0.4) is 0 Å². The molecule has 4 aliphatic rings. The average Bonchev–Trinajstić information content (AvgIpc) is 3.17. The second-order valence-corrected chi connectivity index (χ2v) is 11.7. The zero-order valence-electron chi connectivity index (χ0n) is 21.1. The molecule has 5 heteroatoms. The fraction of sp³-hybridized carbons (Fsp3) is 0.690. The summed E-state index contributed by atoms with van der Waals surface area (Å²) in [4.78, 5) is 29.2. The van der Waals surface area contributed by atoms with Gasteiger partial charge >= 0.3 is 11.9 Å². The normalized spacial score (nSPS) is 39.6. The van der Waals surface area contributed by atoms with Gasteiger partial charge in [-0.1, -0.05) is 25.5 Å².